The molecule has 2 rings (SSSR count). The van der Waals surface area contributed by atoms with Crippen molar-refractivity contribution in [2.24, 2.45) is 10.2 Å². The summed E-state index contributed by atoms with van der Waals surface area (Å²) in [6.07, 6.45) is 4.37. The third kappa shape index (κ3) is 2.94. The van der Waals surface area contributed by atoms with E-state index in [9.17, 15) is 5.11 Å². The van der Waals surface area contributed by atoms with Gasteiger partial charge in [0, 0.05) is 11.6 Å². The minimum absolute atomic E-state index is 0.00117. The molecular formula is C12H10N2O3. The molecular weight excluding hydrogens is 220 g/mol. The minimum Gasteiger partial charge on any atom is -0.508 e. The molecule has 1 aromatic heterocycles. The van der Waals surface area contributed by atoms with Gasteiger partial charge in [-0.15, -0.1) is 0 Å². The summed E-state index contributed by atoms with van der Waals surface area (Å²) < 4.78 is 5.02. The average molecular weight is 230 g/mol. The Balaban J connectivity index is 2.05. The molecule has 86 valence electrons. The number of aromatic hydroxyl groups is 2. The second-order valence-electron chi connectivity index (χ2n) is 3.25. The predicted octanol–water partition coefficient (Wildman–Crippen LogP) is 2.14. The molecule has 0 radical (unpaired) electrons. The third-order valence-electron chi connectivity index (χ3n) is 2.01. The maximum absolute atomic E-state index is 9.45. The monoisotopic (exact) mass is 230 g/mol. The normalized spacial score (nSPS) is 11.5. The van der Waals surface area contributed by atoms with Crippen molar-refractivity contribution >= 4 is 12.4 Å². The van der Waals surface area contributed by atoms with Gasteiger partial charge in [0.05, 0.1) is 18.7 Å². The number of rotatable bonds is 3. The molecule has 0 saturated heterocycles. The molecule has 1 aromatic carbocycles. The zero-order valence-electron chi connectivity index (χ0n) is 8.82. The Morgan fingerprint density at radius 2 is 1.88 bits per heavy atom. The van der Waals surface area contributed by atoms with Crippen molar-refractivity contribution in [1.82, 2.24) is 0 Å². The van der Waals surface area contributed by atoms with Crippen LogP contribution in [0.2, 0.25) is 0 Å². The summed E-state index contributed by atoms with van der Waals surface area (Å²) in [4.78, 5) is 0. The SMILES string of the molecule is Oc1ccc(/C=N/N=C\c2ccco2)c(O)c1. The van der Waals surface area contributed by atoms with Crippen molar-refractivity contribution in [1.29, 1.82) is 0 Å². The van der Waals surface area contributed by atoms with Crippen LogP contribution in [0, 0.1) is 0 Å². The molecule has 0 aliphatic heterocycles. The summed E-state index contributed by atoms with van der Waals surface area (Å²) in [6.45, 7) is 0. The first-order valence-corrected chi connectivity index (χ1v) is 4.87. The zero-order chi connectivity index (χ0) is 12.1. The third-order valence-corrected chi connectivity index (χ3v) is 2.01. The first-order valence-electron chi connectivity index (χ1n) is 4.87. The van der Waals surface area contributed by atoms with Gasteiger partial charge in [-0.2, -0.15) is 10.2 Å². The highest BCUT2D eigenvalue weighted by Gasteiger charge is 1.98. The molecule has 0 bridgehead atoms. The largest absolute Gasteiger partial charge is 0.508 e. The molecule has 0 fully saturated rings. The van der Waals surface area contributed by atoms with E-state index in [-0.39, 0.29) is 11.5 Å². The van der Waals surface area contributed by atoms with Crippen LogP contribution in [0.1, 0.15) is 11.3 Å². The van der Waals surface area contributed by atoms with Crippen molar-refractivity contribution < 1.29 is 14.6 Å². The van der Waals surface area contributed by atoms with Gasteiger partial charge in [0.25, 0.3) is 0 Å². The van der Waals surface area contributed by atoms with E-state index in [0.717, 1.165) is 0 Å². The van der Waals surface area contributed by atoms with Gasteiger partial charge in [0.2, 0.25) is 0 Å². The lowest BCUT2D eigenvalue weighted by Crippen LogP contribution is -1.81. The molecule has 17 heavy (non-hydrogen) atoms. The fraction of sp³-hybridized carbons (Fsp3) is 0. The number of phenols is 2. The highest BCUT2D eigenvalue weighted by atomic mass is 16.3. The van der Waals surface area contributed by atoms with Crippen molar-refractivity contribution in [3.05, 3.63) is 47.9 Å². The molecule has 1 heterocycles. The molecule has 0 amide bonds. The van der Waals surface area contributed by atoms with Crippen LogP contribution < -0.4 is 0 Å². The van der Waals surface area contributed by atoms with Gasteiger partial charge in [0.1, 0.15) is 17.3 Å². The van der Waals surface area contributed by atoms with Gasteiger partial charge >= 0.3 is 0 Å². The van der Waals surface area contributed by atoms with E-state index in [1.807, 2.05) is 0 Å². The van der Waals surface area contributed by atoms with Gasteiger partial charge in [-0.1, -0.05) is 0 Å². The fourth-order valence-corrected chi connectivity index (χ4v) is 1.19. The second-order valence-corrected chi connectivity index (χ2v) is 3.25. The van der Waals surface area contributed by atoms with Crippen LogP contribution in [-0.4, -0.2) is 22.6 Å². The molecule has 0 atom stereocenters. The smallest absolute Gasteiger partial charge is 0.146 e. The molecule has 0 spiro atoms. The predicted molar refractivity (Wildman–Crippen MR) is 63.7 cm³/mol. The first kappa shape index (κ1) is 10.9. The Bertz CT molecular complexity index is 545. The van der Waals surface area contributed by atoms with E-state index in [1.165, 1.54) is 36.9 Å². The van der Waals surface area contributed by atoms with E-state index < -0.39 is 0 Å². The number of hydrogen-bond acceptors (Lipinski definition) is 5. The Morgan fingerprint density at radius 1 is 1.06 bits per heavy atom. The minimum atomic E-state index is -0.0538. The lowest BCUT2D eigenvalue weighted by molar-refractivity contribution is 0.450. The van der Waals surface area contributed by atoms with Gasteiger partial charge < -0.3 is 14.6 Å². The molecule has 5 heteroatoms. The lowest BCUT2D eigenvalue weighted by Gasteiger charge is -1.97. The Kier molecular flexibility index (Phi) is 3.20. The summed E-state index contributed by atoms with van der Waals surface area (Å²) in [7, 11) is 0. The maximum Gasteiger partial charge on any atom is 0.146 e. The van der Waals surface area contributed by atoms with Crippen molar-refractivity contribution in [3.63, 3.8) is 0 Å². The van der Waals surface area contributed by atoms with Crippen LogP contribution in [0.15, 0.2) is 51.2 Å². The number of benzene rings is 1. The van der Waals surface area contributed by atoms with Crippen LogP contribution in [0.5, 0.6) is 11.5 Å². The average Bonchev–Trinajstić information content (AvgIpc) is 2.79. The molecule has 0 unspecified atom stereocenters. The molecule has 5 nitrogen and oxygen atoms in total. The summed E-state index contributed by atoms with van der Waals surface area (Å²) in [6, 6.07) is 7.72. The zero-order valence-corrected chi connectivity index (χ0v) is 8.82. The molecule has 0 aliphatic carbocycles. The van der Waals surface area contributed by atoms with Crippen molar-refractivity contribution in [2.75, 3.05) is 0 Å². The van der Waals surface area contributed by atoms with Gasteiger partial charge in [-0.3, -0.25) is 0 Å². The van der Waals surface area contributed by atoms with E-state index in [0.29, 0.717) is 11.3 Å². The summed E-state index contributed by atoms with van der Waals surface area (Å²) in [5, 5.41) is 26.0. The van der Waals surface area contributed by atoms with E-state index in [1.54, 1.807) is 12.1 Å². The Labute approximate surface area is 97.4 Å². The van der Waals surface area contributed by atoms with Crippen LogP contribution in [0.25, 0.3) is 0 Å². The molecule has 0 aliphatic rings. The van der Waals surface area contributed by atoms with Crippen LogP contribution in [-0.2, 0) is 0 Å². The van der Waals surface area contributed by atoms with Crippen LogP contribution in [0.4, 0.5) is 0 Å². The molecule has 0 saturated carbocycles. The highest BCUT2D eigenvalue weighted by Crippen LogP contribution is 2.20. The van der Waals surface area contributed by atoms with E-state index >= 15 is 0 Å². The Morgan fingerprint density at radius 3 is 2.59 bits per heavy atom. The molecule has 2 aromatic rings. The molecule has 2 N–H and O–H groups in total. The topological polar surface area (TPSA) is 78.3 Å². The Hall–Kier alpha value is -2.56. The summed E-state index contributed by atoms with van der Waals surface area (Å²) in [5.74, 6) is 0.540. The van der Waals surface area contributed by atoms with E-state index in [4.69, 9.17) is 9.52 Å². The first-order chi connectivity index (χ1) is 8.25. The van der Waals surface area contributed by atoms with Crippen molar-refractivity contribution in [3.8, 4) is 11.5 Å². The quantitative estimate of drug-likeness (QED) is 0.626. The van der Waals surface area contributed by atoms with Crippen LogP contribution in [0.3, 0.4) is 0 Å². The highest BCUT2D eigenvalue weighted by molar-refractivity contribution is 5.84. The summed E-state index contributed by atoms with van der Waals surface area (Å²) in [5.41, 5.74) is 0.472. The van der Waals surface area contributed by atoms with Crippen molar-refractivity contribution in [2.45, 2.75) is 0 Å². The summed E-state index contributed by atoms with van der Waals surface area (Å²) >= 11 is 0. The number of furan rings is 1. The van der Waals surface area contributed by atoms with Gasteiger partial charge in [-0.25, -0.2) is 0 Å². The second kappa shape index (κ2) is 4.98. The number of hydrogen-bond donors (Lipinski definition) is 2. The lowest BCUT2D eigenvalue weighted by atomic mass is 10.2. The van der Waals surface area contributed by atoms with Gasteiger partial charge in [0.15, 0.2) is 0 Å². The standard InChI is InChI=1S/C12H10N2O3/c15-10-4-3-9(12(16)6-10)7-13-14-8-11-2-1-5-17-11/h1-8,15-16H/b13-7+,14-8-. The maximum atomic E-state index is 9.45. The van der Waals surface area contributed by atoms with Crippen LogP contribution >= 0.6 is 0 Å². The van der Waals surface area contributed by atoms with Gasteiger partial charge in [-0.05, 0) is 24.3 Å². The number of phenolic OH excluding ortho intramolecular Hbond substituents is 2. The van der Waals surface area contributed by atoms with E-state index in [2.05, 4.69) is 10.2 Å². The number of nitrogens with zero attached hydrogens (tertiary/aromatic N) is 2. The fourth-order valence-electron chi connectivity index (χ4n) is 1.19.